The zero-order valence-corrected chi connectivity index (χ0v) is 10.3. The van der Waals surface area contributed by atoms with E-state index in [4.69, 9.17) is 11.5 Å². The predicted octanol–water partition coefficient (Wildman–Crippen LogP) is 0.222. The number of rotatable bonds is 2. The number of nitrogen functional groups attached to an aromatic ring is 1. The number of hydrogen-bond acceptors (Lipinski definition) is 5. The molecule has 1 aliphatic carbocycles. The average molecular weight is 258 g/mol. The number of nitrogens with zero attached hydrogens (tertiary/aromatic N) is 4. The third kappa shape index (κ3) is 1.92. The molecule has 98 valence electrons. The molecule has 0 unspecified atom stereocenters. The van der Waals surface area contributed by atoms with Gasteiger partial charge in [0.2, 0.25) is 0 Å². The van der Waals surface area contributed by atoms with Gasteiger partial charge in [0.25, 0.3) is 5.91 Å². The van der Waals surface area contributed by atoms with Crippen LogP contribution in [0.1, 0.15) is 34.6 Å². The van der Waals surface area contributed by atoms with Crippen molar-refractivity contribution in [2.45, 2.75) is 25.7 Å². The predicted molar refractivity (Wildman–Crippen MR) is 68.7 cm³/mol. The lowest BCUT2D eigenvalue weighted by atomic mass is 9.96. The summed E-state index contributed by atoms with van der Waals surface area (Å²) in [5, 5.41) is 4.11. The first-order chi connectivity index (χ1) is 9.16. The standard InChI is InChI=1S/C12H14N6O/c13-8-5-18(17-10(8)11(14)19)12-7-3-1-2-4-9(7)15-6-16-12/h5-6H,1-4,13H2,(H2,14,19). The molecule has 3 rings (SSSR count). The molecule has 0 aliphatic heterocycles. The molecule has 4 N–H and O–H groups in total. The fraction of sp³-hybridized carbons (Fsp3) is 0.333. The van der Waals surface area contributed by atoms with Gasteiger partial charge in [0.05, 0.1) is 11.9 Å². The van der Waals surface area contributed by atoms with Gasteiger partial charge in [-0.15, -0.1) is 0 Å². The molecule has 0 radical (unpaired) electrons. The van der Waals surface area contributed by atoms with Crippen molar-refractivity contribution in [1.82, 2.24) is 19.7 Å². The van der Waals surface area contributed by atoms with Gasteiger partial charge in [-0.05, 0) is 25.7 Å². The number of amides is 1. The van der Waals surface area contributed by atoms with E-state index in [1.807, 2.05) is 0 Å². The van der Waals surface area contributed by atoms with Crippen molar-refractivity contribution in [3.8, 4) is 5.82 Å². The van der Waals surface area contributed by atoms with Crippen LogP contribution < -0.4 is 11.5 Å². The van der Waals surface area contributed by atoms with Crippen molar-refractivity contribution in [2.24, 2.45) is 5.73 Å². The maximum atomic E-state index is 11.2. The van der Waals surface area contributed by atoms with Gasteiger partial charge in [-0.25, -0.2) is 14.6 Å². The molecule has 2 aromatic rings. The van der Waals surface area contributed by atoms with Gasteiger partial charge >= 0.3 is 0 Å². The Bertz CT molecular complexity index is 648. The van der Waals surface area contributed by atoms with Gasteiger partial charge in [0.15, 0.2) is 11.5 Å². The highest BCUT2D eigenvalue weighted by atomic mass is 16.1. The first-order valence-electron chi connectivity index (χ1n) is 6.15. The van der Waals surface area contributed by atoms with E-state index in [2.05, 4.69) is 15.1 Å². The van der Waals surface area contributed by atoms with Crippen LogP contribution in [0.4, 0.5) is 5.69 Å². The smallest absolute Gasteiger partial charge is 0.271 e. The van der Waals surface area contributed by atoms with E-state index in [1.165, 1.54) is 11.0 Å². The summed E-state index contributed by atoms with van der Waals surface area (Å²) in [6.07, 6.45) is 7.18. The average Bonchev–Trinajstić information content (AvgIpc) is 2.80. The van der Waals surface area contributed by atoms with Crippen LogP contribution in [0.3, 0.4) is 0 Å². The van der Waals surface area contributed by atoms with E-state index in [-0.39, 0.29) is 11.4 Å². The van der Waals surface area contributed by atoms with Crippen molar-refractivity contribution in [3.63, 3.8) is 0 Å². The second-order valence-corrected chi connectivity index (χ2v) is 4.57. The summed E-state index contributed by atoms with van der Waals surface area (Å²) < 4.78 is 1.52. The fourth-order valence-corrected chi connectivity index (χ4v) is 2.39. The molecular formula is C12H14N6O. The van der Waals surface area contributed by atoms with Crippen LogP contribution >= 0.6 is 0 Å². The van der Waals surface area contributed by atoms with Crippen molar-refractivity contribution in [1.29, 1.82) is 0 Å². The van der Waals surface area contributed by atoms with Crippen LogP contribution in [0.25, 0.3) is 5.82 Å². The molecule has 0 atom stereocenters. The highest BCUT2D eigenvalue weighted by Crippen LogP contribution is 2.24. The number of hydrogen-bond donors (Lipinski definition) is 2. The lowest BCUT2D eigenvalue weighted by Crippen LogP contribution is -2.15. The van der Waals surface area contributed by atoms with E-state index in [0.717, 1.165) is 36.9 Å². The second kappa shape index (κ2) is 4.34. The first kappa shape index (κ1) is 11.6. The Kier molecular flexibility index (Phi) is 2.66. The Morgan fingerprint density at radius 2 is 2.05 bits per heavy atom. The molecule has 1 aliphatic rings. The van der Waals surface area contributed by atoms with E-state index in [1.54, 1.807) is 6.20 Å². The van der Waals surface area contributed by atoms with Crippen LogP contribution in [0.5, 0.6) is 0 Å². The summed E-state index contributed by atoms with van der Waals surface area (Å²) in [5.41, 5.74) is 13.4. The molecule has 19 heavy (non-hydrogen) atoms. The van der Waals surface area contributed by atoms with Crippen molar-refractivity contribution < 1.29 is 4.79 Å². The quantitative estimate of drug-likeness (QED) is 0.800. The molecule has 0 saturated heterocycles. The van der Waals surface area contributed by atoms with Gasteiger partial charge in [-0.3, -0.25) is 4.79 Å². The maximum absolute atomic E-state index is 11.2. The summed E-state index contributed by atoms with van der Waals surface area (Å²) in [6.45, 7) is 0. The molecule has 0 spiro atoms. The van der Waals surface area contributed by atoms with Crippen molar-refractivity contribution in [3.05, 3.63) is 29.5 Å². The molecule has 0 saturated carbocycles. The van der Waals surface area contributed by atoms with Gasteiger partial charge < -0.3 is 11.5 Å². The minimum atomic E-state index is -0.640. The number of aryl methyl sites for hydroxylation is 1. The number of anilines is 1. The third-order valence-electron chi connectivity index (χ3n) is 3.30. The minimum Gasteiger partial charge on any atom is -0.396 e. The van der Waals surface area contributed by atoms with Crippen LogP contribution in [-0.4, -0.2) is 25.7 Å². The summed E-state index contributed by atoms with van der Waals surface area (Å²) in [7, 11) is 0. The number of aromatic nitrogens is 4. The van der Waals surface area contributed by atoms with Crippen LogP contribution in [0, 0.1) is 0 Å². The normalized spacial score (nSPS) is 14.1. The fourth-order valence-electron chi connectivity index (χ4n) is 2.39. The summed E-state index contributed by atoms with van der Waals surface area (Å²) in [6, 6.07) is 0. The van der Waals surface area contributed by atoms with Gasteiger partial charge in [-0.2, -0.15) is 5.10 Å². The van der Waals surface area contributed by atoms with Crippen LogP contribution in [0.15, 0.2) is 12.5 Å². The number of primary amides is 1. The molecule has 0 bridgehead atoms. The van der Waals surface area contributed by atoms with E-state index < -0.39 is 5.91 Å². The van der Waals surface area contributed by atoms with Crippen molar-refractivity contribution in [2.75, 3.05) is 5.73 Å². The number of carbonyl (C=O) groups excluding carboxylic acids is 1. The summed E-state index contributed by atoms with van der Waals surface area (Å²) in [5.74, 6) is 0.0445. The van der Waals surface area contributed by atoms with Crippen molar-refractivity contribution >= 4 is 11.6 Å². The SMILES string of the molecule is NC(=O)c1nn(-c2ncnc3c2CCCC3)cc1N. The Morgan fingerprint density at radius 3 is 2.79 bits per heavy atom. The summed E-state index contributed by atoms with van der Waals surface area (Å²) >= 11 is 0. The third-order valence-corrected chi connectivity index (χ3v) is 3.30. The maximum Gasteiger partial charge on any atom is 0.271 e. The van der Waals surface area contributed by atoms with Crippen LogP contribution in [-0.2, 0) is 12.8 Å². The Morgan fingerprint density at radius 1 is 1.26 bits per heavy atom. The molecule has 7 nitrogen and oxygen atoms in total. The Balaban J connectivity index is 2.12. The Labute approximate surface area is 109 Å². The van der Waals surface area contributed by atoms with E-state index >= 15 is 0 Å². The van der Waals surface area contributed by atoms with Crippen LogP contribution in [0.2, 0.25) is 0 Å². The number of nitrogens with two attached hydrogens (primary N) is 2. The second-order valence-electron chi connectivity index (χ2n) is 4.57. The number of fused-ring (bicyclic) bond motifs is 1. The zero-order valence-electron chi connectivity index (χ0n) is 10.3. The zero-order chi connectivity index (χ0) is 13.4. The molecule has 0 fully saturated rings. The molecular weight excluding hydrogens is 244 g/mol. The summed E-state index contributed by atoms with van der Waals surface area (Å²) in [4.78, 5) is 19.7. The largest absolute Gasteiger partial charge is 0.396 e. The molecule has 0 aromatic carbocycles. The number of carbonyl (C=O) groups is 1. The Hall–Kier alpha value is -2.44. The monoisotopic (exact) mass is 258 g/mol. The van der Waals surface area contributed by atoms with Gasteiger partial charge in [-0.1, -0.05) is 0 Å². The highest BCUT2D eigenvalue weighted by Gasteiger charge is 2.19. The lowest BCUT2D eigenvalue weighted by Gasteiger charge is -2.16. The molecule has 2 heterocycles. The van der Waals surface area contributed by atoms with E-state index in [9.17, 15) is 4.79 Å². The molecule has 7 heteroatoms. The van der Waals surface area contributed by atoms with Gasteiger partial charge in [0.1, 0.15) is 6.33 Å². The topological polar surface area (TPSA) is 113 Å². The molecule has 2 aromatic heterocycles. The van der Waals surface area contributed by atoms with Gasteiger partial charge in [0, 0.05) is 11.3 Å². The highest BCUT2D eigenvalue weighted by molar-refractivity contribution is 5.95. The van der Waals surface area contributed by atoms with E-state index in [0.29, 0.717) is 5.82 Å². The minimum absolute atomic E-state index is 0.0724. The first-order valence-corrected chi connectivity index (χ1v) is 6.15. The lowest BCUT2D eigenvalue weighted by molar-refractivity contribution is 0.0996. The molecule has 1 amide bonds.